The molecule has 0 saturated carbocycles. The van der Waals surface area contributed by atoms with Gasteiger partial charge in [-0.1, -0.05) is 6.92 Å². The van der Waals surface area contributed by atoms with Gasteiger partial charge < -0.3 is 5.32 Å². The topological polar surface area (TPSA) is 55.6 Å². The summed E-state index contributed by atoms with van der Waals surface area (Å²) in [6.07, 6.45) is 7.39. The Morgan fingerprint density at radius 3 is 2.50 bits per heavy atom. The molecule has 2 aromatic heterocycles. The molecule has 2 heterocycles. The van der Waals surface area contributed by atoms with Crippen LogP contribution in [0.4, 0.5) is 0 Å². The summed E-state index contributed by atoms with van der Waals surface area (Å²) in [7, 11) is 2.00. The summed E-state index contributed by atoms with van der Waals surface area (Å²) in [5, 5.41) is 7.99. The first-order valence-electron chi connectivity index (χ1n) is 7.10. The minimum atomic E-state index is 0.292. The normalized spacial score (nSPS) is 12.6. The molecule has 0 spiro atoms. The molecule has 0 radical (unpaired) electrons. The number of hydrogen-bond acceptors (Lipinski definition) is 4. The van der Waals surface area contributed by atoms with Gasteiger partial charge in [0.15, 0.2) is 0 Å². The lowest BCUT2D eigenvalue weighted by Crippen LogP contribution is -2.22. The third-order valence-electron chi connectivity index (χ3n) is 3.78. The van der Waals surface area contributed by atoms with Crippen molar-refractivity contribution < 1.29 is 0 Å². The van der Waals surface area contributed by atoms with E-state index in [-0.39, 0.29) is 0 Å². The minimum Gasteiger partial charge on any atom is -0.310 e. The van der Waals surface area contributed by atoms with E-state index < -0.39 is 0 Å². The molecule has 20 heavy (non-hydrogen) atoms. The molecule has 1 atom stereocenters. The Kier molecular flexibility index (Phi) is 4.84. The van der Waals surface area contributed by atoms with Gasteiger partial charge in [0, 0.05) is 36.7 Å². The predicted octanol–water partition coefficient (Wildman–Crippen LogP) is 2.11. The maximum atomic E-state index is 4.48. The highest BCUT2D eigenvalue weighted by Gasteiger charge is 2.14. The second-order valence-corrected chi connectivity index (χ2v) is 5.09. The first kappa shape index (κ1) is 14.7. The number of aryl methyl sites for hydroxylation is 2. The third kappa shape index (κ3) is 3.22. The Morgan fingerprint density at radius 1 is 1.25 bits per heavy atom. The molecule has 0 aliphatic carbocycles. The highest BCUT2D eigenvalue weighted by molar-refractivity contribution is 5.25. The Labute approximate surface area is 120 Å². The van der Waals surface area contributed by atoms with Crippen molar-refractivity contribution in [1.29, 1.82) is 0 Å². The molecule has 0 aliphatic heterocycles. The number of nitrogens with zero attached hydrogens (tertiary/aromatic N) is 4. The summed E-state index contributed by atoms with van der Waals surface area (Å²) in [5.41, 5.74) is 4.88. The van der Waals surface area contributed by atoms with Gasteiger partial charge in [0.1, 0.15) is 6.33 Å². The first-order valence-corrected chi connectivity index (χ1v) is 7.10. The van der Waals surface area contributed by atoms with E-state index in [2.05, 4.69) is 41.2 Å². The molecular weight excluding hydrogens is 250 g/mol. The van der Waals surface area contributed by atoms with Gasteiger partial charge >= 0.3 is 0 Å². The highest BCUT2D eigenvalue weighted by atomic mass is 15.3. The van der Waals surface area contributed by atoms with Crippen molar-refractivity contribution in [3.8, 4) is 0 Å². The number of rotatable bonds is 6. The van der Waals surface area contributed by atoms with E-state index in [0.29, 0.717) is 6.04 Å². The molecule has 0 saturated heterocycles. The van der Waals surface area contributed by atoms with E-state index in [0.717, 1.165) is 30.6 Å². The molecule has 0 bridgehead atoms. The Hall–Kier alpha value is -1.75. The second-order valence-electron chi connectivity index (χ2n) is 5.09. The van der Waals surface area contributed by atoms with Crippen molar-refractivity contribution in [3.63, 3.8) is 0 Å². The summed E-state index contributed by atoms with van der Waals surface area (Å²) in [6, 6.07) is 0.292. The average Bonchev–Trinajstić information content (AvgIpc) is 2.70. The smallest absolute Gasteiger partial charge is 0.115 e. The van der Waals surface area contributed by atoms with E-state index in [1.54, 1.807) is 6.33 Å². The Balaban J connectivity index is 2.10. The Bertz CT molecular complexity index is 547. The number of nitrogens with one attached hydrogen (secondary N) is 1. The molecule has 1 N–H and O–H groups in total. The summed E-state index contributed by atoms with van der Waals surface area (Å²) >= 11 is 0. The van der Waals surface area contributed by atoms with Gasteiger partial charge in [-0.05, 0) is 38.8 Å². The summed E-state index contributed by atoms with van der Waals surface area (Å²) < 4.78 is 1.96. The highest BCUT2D eigenvalue weighted by Crippen LogP contribution is 2.21. The van der Waals surface area contributed by atoms with Crippen LogP contribution >= 0.6 is 0 Å². The van der Waals surface area contributed by atoms with E-state index in [9.17, 15) is 0 Å². The SMILES string of the molecule is CCNC(CCc1c(C)nn(C)c1C)c1cncnc1. The molecule has 5 heteroatoms. The maximum Gasteiger partial charge on any atom is 0.115 e. The lowest BCUT2D eigenvalue weighted by atomic mass is 10.00. The van der Waals surface area contributed by atoms with Crippen LogP contribution in [0.15, 0.2) is 18.7 Å². The fraction of sp³-hybridized carbons (Fsp3) is 0.533. The molecule has 2 rings (SSSR count). The largest absolute Gasteiger partial charge is 0.310 e. The van der Waals surface area contributed by atoms with Gasteiger partial charge in [-0.2, -0.15) is 5.10 Å². The van der Waals surface area contributed by atoms with Gasteiger partial charge in [0.05, 0.1) is 5.69 Å². The van der Waals surface area contributed by atoms with Crippen LogP contribution in [0.25, 0.3) is 0 Å². The van der Waals surface area contributed by atoms with E-state index in [1.165, 1.54) is 11.3 Å². The average molecular weight is 273 g/mol. The molecule has 108 valence electrons. The quantitative estimate of drug-likeness (QED) is 0.876. The first-order chi connectivity index (χ1) is 9.63. The summed E-state index contributed by atoms with van der Waals surface area (Å²) in [6.45, 7) is 7.27. The van der Waals surface area contributed by atoms with Crippen LogP contribution in [0, 0.1) is 13.8 Å². The zero-order chi connectivity index (χ0) is 14.5. The van der Waals surface area contributed by atoms with Crippen LogP contribution in [-0.2, 0) is 13.5 Å². The second kappa shape index (κ2) is 6.61. The molecule has 2 aromatic rings. The van der Waals surface area contributed by atoms with Crippen LogP contribution in [0.1, 0.15) is 41.9 Å². The zero-order valence-electron chi connectivity index (χ0n) is 12.7. The fourth-order valence-corrected chi connectivity index (χ4v) is 2.59. The van der Waals surface area contributed by atoms with Gasteiger partial charge in [-0.15, -0.1) is 0 Å². The van der Waals surface area contributed by atoms with Crippen molar-refractivity contribution in [2.75, 3.05) is 6.54 Å². The van der Waals surface area contributed by atoms with Crippen molar-refractivity contribution in [2.24, 2.45) is 7.05 Å². The van der Waals surface area contributed by atoms with Crippen LogP contribution in [0.5, 0.6) is 0 Å². The van der Waals surface area contributed by atoms with Gasteiger partial charge in [-0.25, -0.2) is 9.97 Å². The standard InChI is InChI=1S/C15H23N5/c1-5-18-15(13-8-16-10-17-9-13)7-6-14-11(2)19-20(4)12(14)3/h8-10,15,18H,5-7H2,1-4H3. The Morgan fingerprint density at radius 2 is 1.95 bits per heavy atom. The van der Waals surface area contributed by atoms with Crippen molar-refractivity contribution >= 4 is 0 Å². The van der Waals surface area contributed by atoms with Crippen molar-refractivity contribution in [1.82, 2.24) is 25.1 Å². The van der Waals surface area contributed by atoms with Crippen LogP contribution in [0.2, 0.25) is 0 Å². The van der Waals surface area contributed by atoms with Crippen LogP contribution < -0.4 is 5.32 Å². The van der Waals surface area contributed by atoms with Crippen molar-refractivity contribution in [3.05, 3.63) is 41.2 Å². The molecular formula is C15H23N5. The monoisotopic (exact) mass is 273 g/mol. The zero-order valence-corrected chi connectivity index (χ0v) is 12.7. The number of hydrogen-bond donors (Lipinski definition) is 1. The molecule has 0 fully saturated rings. The lowest BCUT2D eigenvalue weighted by molar-refractivity contribution is 0.511. The van der Waals surface area contributed by atoms with Crippen molar-refractivity contribution in [2.45, 2.75) is 39.7 Å². The molecule has 0 aliphatic rings. The van der Waals surface area contributed by atoms with Crippen LogP contribution in [0.3, 0.4) is 0 Å². The van der Waals surface area contributed by atoms with E-state index >= 15 is 0 Å². The predicted molar refractivity (Wildman–Crippen MR) is 79.5 cm³/mol. The fourth-order valence-electron chi connectivity index (χ4n) is 2.59. The third-order valence-corrected chi connectivity index (χ3v) is 3.78. The molecule has 1 unspecified atom stereocenters. The van der Waals surface area contributed by atoms with Gasteiger partial charge in [0.2, 0.25) is 0 Å². The van der Waals surface area contributed by atoms with Gasteiger partial charge in [0.25, 0.3) is 0 Å². The summed E-state index contributed by atoms with van der Waals surface area (Å²) in [4.78, 5) is 8.23. The van der Waals surface area contributed by atoms with E-state index in [4.69, 9.17) is 0 Å². The number of aromatic nitrogens is 4. The van der Waals surface area contributed by atoms with Gasteiger partial charge in [-0.3, -0.25) is 4.68 Å². The summed E-state index contributed by atoms with van der Waals surface area (Å²) in [5.74, 6) is 0. The maximum absolute atomic E-state index is 4.48. The molecule has 0 amide bonds. The minimum absolute atomic E-state index is 0.292. The van der Waals surface area contributed by atoms with Crippen LogP contribution in [-0.4, -0.2) is 26.3 Å². The molecule has 5 nitrogen and oxygen atoms in total. The molecule has 0 aromatic carbocycles. The van der Waals surface area contributed by atoms with E-state index in [1.807, 2.05) is 24.1 Å². The lowest BCUT2D eigenvalue weighted by Gasteiger charge is -2.17.